The van der Waals surface area contributed by atoms with E-state index in [0.29, 0.717) is 5.69 Å². The molecule has 0 radical (unpaired) electrons. The molecular weight excluding hydrogens is 259 g/mol. The Bertz CT molecular complexity index is 602. The number of nitrogens with one attached hydrogen (secondary N) is 1. The Morgan fingerprint density at radius 1 is 1.30 bits per heavy atom. The molecule has 1 unspecified atom stereocenters. The molecule has 0 saturated carbocycles. The minimum atomic E-state index is -0.575. The summed E-state index contributed by atoms with van der Waals surface area (Å²) in [4.78, 5) is 15.6. The second-order valence-corrected chi connectivity index (χ2v) is 4.33. The van der Waals surface area contributed by atoms with Crippen molar-refractivity contribution in [3.63, 3.8) is 0 Å². The summed E-state index contributed by atoms with van der Waals surface area (Å²) in [5.74, 6) is -1.05. The summed E-state index contributed by atoms with van der Waals surface area (Å²) in [5.41, 5.74) is 1.72. The van der Waals surface area contributed by atoms with Gasteiger partial charge in [-0.05, 0) is 42.8 Å². The van der Waals surface area contributed by atoms with Crippen LogP contribution in [0.5, 0.6) is 0 Å². The normalized spacial score (nSPS) is 11.8. The number of halogens is 1. The highest BCUT2D eigenvalue weighted by molar-refractivity contribution is 5.95. The first-order valence-electron chi connectivity index (χ1n) is 6.16. The summed E-state index contributed by atoms with van der Waals surface area (Å²) >= 11 is 0. The van der Waals surface area contributed by atoms with E-state index in [1.807, 2.05) is 19.1 Å². The molecule has 2 aromatic rings. The molecule has 0 spiro atoms. The van der Waals surface area contributed by atoms with E-state index in [4.69, 9.17) is 0 Å². The van der Waals surface area contributed by atoms with Gasteiger partial charge in [-0.2, -0.15) is 0 Å². The Labute approximate surface area is 116 Å². The zero-order chi connectivity index (χ0) is 14.5. The van der Waals surface area contributed by atoms with Crippen molar-refractivity contribution in [3.05, 3.63) is 59.7 Å². The van der Waals surface area contributed by atoms with E-state index in [2.05, 4.69) is 15.0 Å². The summed E-state index contributed by atoms with van der Waals surface area (Å²) < 4.78 is 17.9. The van der Waals surface area contributed by atoms with Crippen LogP contribution in [-0.4, -0.2) is 18.1 Å². The number of benzene rings is 1. The minimum Gasteiger partial charge on any atom is -0.465 e. The van der Waals surface area contributed by atoms with Gasteiger partial charge in [0.15, 0.2) is 0 Å². The van der Waals surface area contributed by atoms with Crippen molar-refractivity contribution in [2.75, 3.05) is 12.4 Å². The predicted molar refractivity (Wildman–Crippen MR) is 74.0 cm³/mol. The summed E-state index contributed by atoms with van der Waals surface area (Å²) in [5, 5.41) is 3.17. The molecule has 20 heavy (non-hydrogen) atoms. The van der Waals surface area contributed by atoms with Gasteiger partial charge in [0.25, 0.3) is 0 Å². The molecule has 1 heterocycles. The Kier molecular flexibility index (Phi) is 4.30. The Hall–Kier alpha value is -2.43. The van der Waals surface area contributed by atoms with Crippen molar-refractivity contribution in [2.45, 2.75) is 13.0 Å². The number of pyridine rings is 1. The molecule has 0 saturated heterocycles. The van der Waals surface area contributed by atoms with Crippen LogP contribution < -0.4 is 5.32 Å². The van der Waals surface area contributed by atoms with E-state index in [1.54, 1.807) is 12.4 Å². The van der Waals surface area contributed by atoms with Gasteiger partial charge < -0.3 is 10.1 Å². The van der Waals surface area contributed by atoms with Gasteiger partial charge in [0.05, 0.1) is 12.7 Å². The van der Waals surface area contributed by atoms with Crippen molar-refractivity contribution in [2.24, 2.45) is 0 Å². The molecule has 104 valence electrons. The number of anilines is 1. The molecule has 0 aliphatic rings. The lowest BCUT2D eigenvalue weighted by Crippen LogP contribution is -2.12. The zero-order valence-corrected chi connectivity index (χ0v) is 11.3. The summed E-state index contributed by atoms with van der Waals surface area (Å²) in [6.07, 6.45) is 3.39. The van der Waals surface area contributed by atoms with Gasteiger partial charge in [-0.25, -0.2) is 9.18 Å². The van der Waals surface area contributed by atoms with Crippen LogP contribution in [0, 0.1) is 5.82 Å². The standard InChI is InChI=1S/C15H15FN2O2/c1-10(11-5-7-17-8-6-11)18-14-4-3-12(16)9-13(14)15(19)20-2/h3-10,18H,1-2H3. The fourth-order valence-electron chi connectivity index (χ4n) is 1.89. The van der Waals surface area contributed by atoms with E-state index >= 15 is 0 Å². The fraction of sp³-hybridized carbons (Fsp3) is 0.200. The van der Waals surface area contributed by atoms with Gasteiger partial charge in [-0.15, -0.1) is 0 Å². The van der Waals surface area contributed by atoms with Gasteiger partial charge in [-0.3, -0.25) is 4.98 Å². The quantitative estimate of drug-likeness (QED) is 0.870. The molecule has 1 aromatic heterocycles. The molecule has 0 amide bonds. The first-order valence-corrected chi connectivity index (χ1v) is 6.16. The van der Waals surface area contributed by atoms with Crippen LogP contribution in [0.1, 0.15) is 28.9 Å². The van der Waals surface area contributed by atoms with Crippen molar-refractivity contribution < 1.29 is 13.9 Å². The van der Waals surface area contributed by atoms with Crippen molar-refractivity contribution in [1.82, 2.24) is 4.98 Å². The molecule has 0 aliphatic carbocycles. The van der Waals surface area contributed by atoms with E-state index in [-0.39, 0.29) is 11.6 Å². The maximum atomic E-state index is 13.3. The molecule has 4 nitrogen and oxygen atoms in total. The molecule has 0 aliphatic heterocycles. The van der Waals surface area contributed by atoms with Crippen LogP contribution in [0.25, 0.3) is 0 Å². The minimum absolute atomic E-state index is 0.0492. The van der Waals surface area contributed by atoms with Gasteiger partial charge in [0, 0.05) is 24.1 Å². The van der Waals surface area contributed by atoms with Crippen LogP contribution in [0.2, 0.25) is 0 Å². The van der Waals surface area contributed by atoms with E-state index in [0.717, 1.165) is 11.6 Å². The number of aromatic nitrogens is 1. The highest BCUT2D eigenvalue weighted by Crippen LogP contribution is 2.23. The van der Waals surface area contributed by atoms with E-state index in [9.17, 15) is 9.18 Å². The topological polar surface area (TPSA) is 51.2 Å². The van der Waals surface area contributed by atoms with Crippen LogP contribution in [-0.2, 0) is 4.74 Å². The third-order valence-corrected chi connectivity index (χ3v) is 2.97. The third kappa shape index (κ3) is 3.12. The van der Waals surface area contributed by atoms with Crippen LogP contribution >= 0.6 is 0 Å². The van der Waals surface area contributed by atoms with Gasteiger partial charge in [0.1, 0.15) is 5.82 Å². The number of carbonyl (C=O) groups excluding carboxylic acids is 1. The summed E-state index contributed by atoms with van der Waals surface area (Å²) in [6, 6.07) is 7.69. The van der Waals surface area contributed by atoms with E-state index in [1.165, 1.54) is 19.2 Å². The average molecular weight is 274 g/mol. The molecule has 1 aromatic carbocycles. The zero-order valence-electron chi connectivity index (χ0n) is 11.3. The first kappa shape index (κ1) is 14.0. The molecule has 2 rings (SSSR count). The predicted octanol–water partition coefficient (Wildman–Crippen LogP) is 3.18. The maximum absolute atomic E-state index is 13.3. The second-order valence-electron chi connectivity index (χ2n) is 4.33. The number of ether oxygens (including phenoxy) is 1. The number of methoxy groups -OCH3 is 1. The lowest BCUT2D eigenvalue weighted by molar-refractivity contribution is 0.0601. The first-order chi connectivity index (χ1) is 9.61. The SMILES string of the molecule is COC(=O)c1cc(F)ccc1NC(C)c1ccncc1. The maximum Gasteiger partial charge on any atom is 0.340 e. The highest BCUT2D eigenvalue weighted by Gasteiger charge is 2.15. The monoisotopic (exact) mass is 274 g/mol. The Morgan fingerprint density at radius 3 is 2.65 bits per heavy atom. The van der Waals surface area contributed by atoms with Gasteiger partial charge >= 0.3 is 5.97 Å². The summed E-state index contributed by atoms with van der Waals surface area (Å²) in [7, 11) is 1.27. The van der Waals surface area contributed by atoms with Crippen molar-refractivity contribution >= 4 is 11.7 Å². The van der Waals surface area contributed by atoms with Gasteiger partial charge in [0.2, 0.25) is 0 Å². The van der Waals surface area contributed by atoms with E-state index < -0.39 is 11.8 Å². The molecular formula is C15H15FN2O2. The molecule has 0 fully saturated rings. The number of hydrogen-bond donors (Lipinski definition) is 1. The smallest absolute Gasteiger partial charge is 0.340 e. The number of nitrogens with zero attached hydrogens (tertiary/aromatic N) is 1. The second kappa shape index (κ2) is 6.14. The molecule has 5 heteroatoms. The Balaban J connectivity index is 2.27. The van der Waals surface area contributed by atoms with Gasteiger partial charge in [-0.1, -0.05) is 0 Å². The number of esters is 1. The summed E-state index contributed by atoms with van der Waals surface area (Å²) in [6.45, 7) is 1.94. The molecule has 1 N–H and O–H groups in total. The fourth-order valence-corrected chi connectivity index (χ4v) is 1.89. The van der Waals surface area contributed by atoms with Crippen LogP contribution in [0.4, 0.5) is 10.1 Å². The average Bonchev–Trinajstić information content (AvgIpc) is 2.49. The highest BCUT2D eigenvalue weighted by atomic mass is 19.1. The lowest BCUT2D eigenvalue weighted by Gasteiger charge is -2.17. The number of carbonyl (C=O) groups is 1. The number of rotatable bonds is 4. The van der Waals surface area contributed by atoms with Crippen LogP contribution in [0.3, 0.4) is 0 Å². The Morgan fingerprint density at radius 2 is 2.00 bits per heavy atom. The largest absolute Gasteiger partial charge is 0.465 e. The van der Waals surface area contributed by atoms with Crippen molar-refractivity contribution in [3.8, 4) is 0 Å². The van der Waals surface area contributed by atoms with Crippen LogP contribution in [0.15, 0.2) is 42.7 Å². The molecule has 1 atom stereocenters. The lowest BCUT2D eigenvalue weighted by atomic mass is 10.1. The van der Waals surface area contributed by atoms with Crippen molar-refractivity contribution in [1.29, 1.82) is 0 Å². The number of hydrogen-bond acceptors (Lipinski definition) is 4. The third-order valence-electron chi connectivity index (χ3n) is 2.97. The molecule has 0 bridgehead atoms.